The van der Waals surface area contributed by atoms with E-state index in [2.05, 4.69) is 6.58 Å². The van der Waals surface area contributed by atoms with Crippen molar-refractivity contribution in [3.8, 4) is 0 Å². The minimum atomic E-state index is -0.463. The highest BCUT2D eigenvalue weighted by molar-refractivity contribution is 5.97. The minimum absolute atomic E-state index is 0.0498. The van der Waals surface area contributed by atoms with E-state index < -0.39 is 5.92 Å². The quantitative estimate of drug-likeness (QED) is 0.392. The van der Waals surface area contributed by atoms with Gasteiger partial charge in [0.25, 0.3) is 0 Å². The highest BCUT2D eigenvalue weighted by atomic mass is 16.5. The fourth-order valence-electron chi connectivity index (χ4n) is 2.40. The fourth-order valence-corrected chi connectivity index (χ4v) is 2.40. The van der Waals surface area contributed by atoms with Crippen molar-refractivity contribution < 1.29 is 14.3 Å². The maximum absolute atomic E-state index is 12.4. The Morgan fingerprint density at radius 3 is 2.41 bits per heavy atom. The number of allylic oxidation sites excluding steroid dienone is 2. The van der Waals surface area contributed by atoms with Crippen LogP contribution in [0.5, 0.6) is 0 Å². The van der Waals surface area contributed by atoms with E-state index >= 15 is 0 Å². The van der Waals surface area contributed by atoms with Gasteiger partial charge in [0.15, 0.2) is 5.78 Å². The summed E-state index contributed by atoms with van der Waals surface area (Å²) in [4.78, 5) is 24.5. The van der Waals surface area contributed by atoms with Gasteiger partial charge in [-0.2, -0.15) is 0 Å². The van der Waals surface area contributed by atoms with Crippen LogP contribution in [-0.2, 0) is 14.3 Å². The summed E-state index contributed by atoms with van der Waals surface area (Å²) in [7, 11) is 0. The van der Waals surface area contributed by atoms with Crippen molar-refractivity contribution in [3.05, 3.63) is 54.6 Å². The van der Waals surface area contributed by atoms with Crippen molar-refractivity contribution in [2.24, 2.45) is 11.8 Å². The molecule has 0 spiro atoms. The van der Waals surface area contributed by atoms with Crippen molar-refractivity contribution in [2.75, 3.05) is 6.61 Å². The van der Waals surface area contributed by atoms with Crippen LogP contribution in [0.4, 0.5) is 0 Å². The van der Waals surface area contributed by atoms with Gasteiger partial charge in [0.05, 0.1) is 12.5 Å². The lowest BCUT2D eigenvalue weighted by atomic mass is 9.84. The number of hydrogen-bond acceptors (Lipinski definition) is 3. The summed E-state index contributed by atoms with van der Waals surface area (Å²) in [6, 6.07) is 9.62. The molecular weight excluding hydrogens is 276 g/mol. The Balaban J connectivity index is 2.86. The summed E-state index contributed by atoms with van der Waals surface area (Å²) in [6.07, 6.45) is 6.04. The Morgan fingerprint density at radius 2 is 1.86 bits per heavy atom. The molecule has 3 heteroatoms. The summed E-state index contributed by atoms with van der Waals surface area (Å²) in [5.41, 5.74) is 0.960. The maximum atomic E-state index is 12.4. The molecule has 1 rings (SSSR count). The van der Waals surface area contributed by atoms with Crippen molar-refractivity contribution in [3.63, 3.8) is 0 Å². The van der Waals surface area contributed by atoms with Gasteiger partial charge in [-0.1, -0.05) is 49.4 Å². The van der Waals surface area contributed by atoms with Gasteiger partial charge in [0.1, 0.15) is 0 Å². The normalized spacial score (nSPS) is 13.5. The summed E-state index contributed by atoms with van der Waals surface area (Å²) < 4.78 is 5.09. The molecule has 0 heterocycles. The molecule has 0 radical (unpaired) electrons. The van der Waals surface area contributed by atoms with Crippen molar-refractivity contribution in [1.82, 2.24) is 0 Å². The summed E-state index contributed by atoms with van der Waals surface area (Å²) in [6.45, 7) is 7.67. The lowest BCUT2D eigenvalue weighted by Gasteiger charge is -2.21. The predicted molar refractivity (Wildman–Crippen MR) is 89.2 cm³/mol. The van der Waals surface area contributed by atoms with Crippen LogP contribution < -0.4 is 0 Å². The van der Waals surface area contributed by atoms with Gasteiger partial charge in [-0.15, -0.1) is 6.58 Å². The number of carbonyl (C=O) groups excluding carboxylic acids is 2. The predicted octanol–water partition coefficient (Wildman–Crippen LogP) is 4.05. The van der Waals surface area contributed by atoms with Gasteiger partial charge in [-0.3, -0.25) is 9.59 Å². The van der Waals surface area contributed by atoms with Crippen LogP contribution in [0.25, 0.3) is 6.08 Å². The third-order valence-corrected chi connectivity index (χ3v) is 3.54. The molecule has 22 heavy (non-hydrogen) atoms. The van der Waals surface area contributed by atoms with Crippen LogP contribution in [0, 0.1) is 11.8 Å². The van der Waals surface area contributed by atoms with Crippen LogP contribution in [0.1, 0.15) is 32.3 Å². The van der Waals surface area contributed by atoms with E-state index in [1.807, 2.05) is 37.3 Å². The molecule has 1 aromatic carbocycles. The molecule has 0 aliphatic heterocycles. The molecule has 0 amide bonds. The van der Waals surface area contributed by atoms with Gasteiger partial charge in [0, 0.05) is 5.92 Å². The van der Waals surface area contributed by atoms with E-state index in [-0.39, 0.29) is 17.7 Å². The van der Waals surface area contributed by atoms with Gasteiger partial charge in [-0.25, -0.2) is 0 Å². The number of esters is 1. The first-order chi connectivity index (χ1) is 10.6. The molecule has 0 aliphatic carbocycles. The Labute approximate surface area is 132 Å². The number of ether oxygens (including phenoxy) is 1. The second kappa shape index (κ2) is 9.72. The van der Waals surface area contributed by atoms with Gasteiger partial charge in [-0.05, 0) is 31.4 Å². The lowest BCUT2D eigenvalue weighted by Crippen LogP contribution is -2.30. The molecule has 0 saturated carbocycles. The standard InChI is InChI=1S/C19H24O3/c1-4-10-17(19(21)22-6-3)16(5-2)18(20)14-13-15-11-8-7-9-12-15/h4,7-9,11-14,16-17H,1,5-6,10H2,2-3H3. The number of hydrogen-bond donors (Lipinski definition) is 0. The van der Waals surface area contributed by atoms with Gasteiger partial charge in [0.2, 0.25) is 0 Å². The molecule has 0 N–H and O–H groups in total. The monoisotopic (exact) mass is 300 g/mol. The molecule has 2 atom stereocenters. The summed E-state index contributed by atoms with van der Waals surface area (Å²) >= 11 is 0. The minimum Gasteiger partial charge on any atom is -0.466 e. The molecule has 3 nitrogen and oxygen atoms in total. The molecule has 0 fully saturated rings. The van der Waals surface area contributed by atoms with E-state index in [0.29, 0.717) is 19.4 Å². The first kappa shape index (κ1) is 17.9. The van der Waals surface area contributed by atoms with Crippen LogP contribution >= 0.6 is 0 Å². The van der Waals surface area contributed by atoms with Crippen molar-refractivity contribution in [1.29, 1.82) is 0 Å². The van der Waals surface area contributed by atoms with Crippen LogP contribution in [0.3, 0.4) is 0 Å². The van der Waals surface area contributed by atoms with Crippen molar-refractivity contribution in [2.45, 2.75) is 26.7 Å². The summed E-state index contributed by atoms with van der Waals surface area (Å²) in [5.74, 6) is -1.21. The topological polar surface area (TPSA) is 43.4 Å². The largest absolute Gasteiger partial charge is 0.466 e. The Morgan fingerprint density at radius 1 is 1.18 bits per heavy atom. The third kappa shape index (κ3) is 5.32. The summed E-state index contributed by atoms with van der Waals surface area (Å²) in [5, 5.41) is 0. The van der Waals surface area contributed by atoms with Crippen LogP contribution in [0.15, 0.2) is 49.1 Å². The Kier molecular flexibility index (Phi) is 7.90. The molecule has 0 aromatic heterocycles. The van der Waals surface area contributed by atoms with Crippen molar-refractivity contribution >= 4 is 17.8 Å². The zero-order valence-corrected chi connectivity index (χ0v) is 13.3. The van der Waals surface area contributed by atoms with E-state index in [4.69, 9.17) is 4.74 Å². The first-order valence-electron chi connectivity index (χ1n) is 7.68. The zero-order chi connectivity index (χ0) is 16.4. The second-order valence-electron chi connectivity index (χ2n) is 5.04. The highest BCUT2D eigenvalue weighted by Crippen LogP contribution is 2.23. The molecule has 0 saturated heterocycles. The molecule has 2 unspecified atom stereocenters. The first-order valence-corrected chi connectivity index (χ1v) is 7.68. The maximum Gasteiger partial charge on any atom is 0.309 e. The van der Waals surface area contributed by atoms with E-state index in [9.17, 15) is 9.59 Å². The van der Waals surface area contributed by atoms with E-state index in [1.165, 1.54) is 0 Å². The van der Waals surface area contributed by atoms with Gasteiger partial charge < -0.3 is 4.74 Å². The zero-order valence-electron chi connectivity index (χ0n) is 13.3. The number of carbonyl (C=O) groups is 2. The second-order valence-corrected chi connectivity index (χ2v) is 5.04. The van der Waals surface area contributed by atoms with Gasteiger partial charge >= 0.3 is 5.97 Å². The van der Waals surface area contributed by atoms with Crippen LogP contribution in [-0.4, -0.2) is 18.4 Å². The highest BCUT2D eigenvalue weighted by Gasteiger charge is 2.31. The molecule has 0 bridgehead atoms. The fraction of sp³-hybridized carbons (Fsp3) is 0.368. The molecular formula is C19H24O3. The number of rotatable bonds is 9. The Hall–Kier alpha value is -2.16. The lowest BCUT2D eigenvalue weighted by molar-refractivity contribution is -0.151. The molecule has 118 valence electrons. The van der Waals surface area contributed by atoms with E-state index in [1.54, 1.807) is 25.2 Å². The SMILES string of the molecule is C=CCC(C(=O)OCC)C(CC)C(=O)C=Cc1ccccc1. The smallest absolute Gasteiger partial charge is 0.309 e. The third-order valence-electron chi connectivity index (χ3n) is 3.54. The van der Waals surface area contributed by atoms with E-state index in [0.717, 1.165) is 5.56 Å². The molecule has 0 aliphatic rings. The molecule has 1 aromatic rings. The van der Waals surface area contributed by atoms with Crippen LogP contribution in [0.2, 0.25) is 0 Å². The average Bonchev–Trinajstić information content (AvgIpc) is 2.54. The number of ketones is 1. The average molecular weight is 300 g/mol. The number of benzene rings is 1. The Bertz CT molecular complexity index is 517.